The Morgan fingerprint density at radius 3 is 2.38 bits per heavy atom. The summed E-state index contributed by atoms with van der Waals surface area (Å²) in [4.78, 5) is 32.0. The van der Waals surface area contributed by atoms with Gasteiger partial charge in [-0.25, -0.2) is 0 Å². The van der Waals surface area contributed by atoms with Gasteiger partial charge in [0, 0.05) is 37.1 Å². The van der Waals surface area contributed by atoms with Gasteiger partial charge in [-0.1, -0.05) is 44.1 Å². The fourth-order valence-corrected chi connectivity index (χ4v) is 4.21. The summed E-state index contributed by atoms with van der Waals surface area (Å²) >= 11 is 0. The lowest BCUT2D eigenvalue weighted by Gasteiger charge is -2.23. The van der Waals surface area contributed by atoms with E-state index in [2.05, 4.69) is 36.2 Å². The van der Waals surface area contributed by atoms with E-state index in [4.69, 9.17) is 14.0 Å². The van der Waals surface area contributed by atoms with Gasteiger partial charge in [-0.3, -0.25) is 14.6 Å². The molecule has 0 atom stereocenters. The molecule has 0 unspecified atom stereocenters. The minimum Gasteiger partial charge on any atom is -0.454 e. The maximum Gasteiger partial charge on any atom is 0.273 e. The van der Waals surface area contributed by atoms with E-state index in [1.165, 1.54) is 0 Å². The normalized spacial score (nSPS) is 12.3. The molecule has 0 saturated carbocycles. The largest absolute Gasteiger partial charge is 0.454 e. The van der Waals surface area contributed by atoms with Crippen molar-refractivity contribution in [3.05, 3.63) is 107 Å². The summed E-state index contributed by atoms with van der Waals surface area (Å²) in [5.74, 6) is 1.20. The number of fused-ring (bicyclic) bond motifs is 1. The van der Waals surface area contributed by atoms with Crippen molar-refractivity contribution in [1.29, 1.82) is 0 Å². The standard InChI is InChI=1S/C30H30N4O5/c1-30(2,3)23-7-5-22(6-8-23)29(36)34(17-20-10-12-31-13-11-20)18-24-15-25(33-39-24)28(35)32-16-21-4-9-26-27(14-21)38-19-37-26/h4-15H,16-19H2,1-3H3,(H,32,35). The Labute approximate surface area is 226 Å². The number of benzene rings is 2. The number of rotatable bonds is 8. The van der Waals surface area contributed by atoms with Crippen LogP contribution in [0, 0.1) is 0 Å². The zero-order chi connectivity index (χ0) is 27.4. The van der Waals surface area contributed by atoms with Gasteiger partial charge in [-0.05, 0) is 58.5 Å². The van der Waals surface area contributed by atoms with Gasteiger partial charge < -0.3 is 24.2 Å². The number of amides is 2. The summed E-state index contributed by atoms with van der Waals surface area (Å²) in [5.41, 5.74) is 3.62. The first-order valence-corrected chi connectivity index (χ1v) is 12.7. The molecular weight excluding hydrogens is 496 g/mol. The van der Waals surface area contributed by atoms with E-state index >= 15 is 0 Å². The van der Waals surface area contributed by atoms with Crippen LogP contribution in [0.3, 0.4) is 0 Å². The molecule has 5 rings (SSSR count). The summed E-state index contributed by atoms with van der Waals surface area (Å²) in [6.45, 7) is 7.36. The molecule has 2 amide bonds. The zero-order valence-corrected chi connectivity index (χ0v) is 22.1. The first-order valence-electron chi connectivity index (χ1n) is 12.7. The highest BCUT2D eigenvalue weighted by Crippen LogP contribution is 2.32. The summed E-state index contributed by atoms with van der Waals surface area (Å²) in [6, 6.07) is 18.4. The summed E-state index contributed by atoms with van der Waals surface area (Å²) < 4.78 is 16.2. The molecule has 2 aromatic carbocycles. The van der Waals surface area contributed by atoms with Crippen LogP contribution in [0.5, 0.6) is 11.5 Å². The molecule has 2 aromatic heterocycles. The molecule has 1 aliphatic heterocycles. The number of carbonyl (C=O) groups is 2. The number of pyridine rings is 1. The molecule has 4 aromatic rings. The molecule has 200 valence electrons. The molecule has 3 heterocycles. The lowest BCUT2D eigenvalue weighted by atomic mass is 9.86. The van der Waals surface area contributed by atoms with Crippen LogP contribution in [-0.4, -0.2) is 33.6 Å². The number of nitrogens with one attached hydrogen (secondary N) is 1. The Bertz CT molecular complexity index is 1460. The number of hydrogen-bond acceptors (Lipinski definition) is 7. The number of aromatic nitrogens is 2. The highest BCUT2D eigenvalue weighted by molar-refractivity contribution is 5.94. The van der Waals surface area contributed by atoms with Gasteiger partial charge in [0.15, 0.2) is 23.0 Å². The van der Waals surface area contributed by atoms with Gasteiger partial charge in [0.2, 0.25) is 6.79 Å². The second-order valence-electron chi connectivity index (χ2n) is 10.4. The smallest absolute Gasteiger partial charge is 0.273 e. The van der Waals surface area contributed by atoms with Crippen molar-refractivity contribution in [2.24, 2.45) is 0 Å². The van der Waals surface area contributed by atoms with E-state index < -0.39 is 0 Å². The lowest BCUT2D eigenvalue weighted by Crippen LogP contribution is -2.30. The van der Waals surface area contributed by atoms with Crippen LogP contribution in [0.25, 0.3) is 0 Å². The van der Waals surface area contributed by atoms with Crippen molar-refractivity contribution < 1.29 is 23.6 Å². The third kappa shape index (κ3) is 6.26. The maximum atomic E-state index is 13.5. The Kier molecular flexibility index (Phi) is 7.31. The first-order chi connectivity index (χ1) is 18.8. The molecule has 39 heavy (non-hydrogen) atoms. The Morgan fingerprint density at radius 2 is 1.64 bits per heavy atom. The molecule has 0 saturated heterocycles. The second kappa shape index (κ2) is 11.0. The van der Waals surface area contributed by atoms with Gasteiger partial charge in [0.05, 0.1) is 6.54 Å². The van der Waals surface area contributed by atoms with Crippen LogP contribution in [0.15, 0.2) is 77.6 Å². The van der Waals surface area contributed by atoms with Gasteiger partial charge in [0.25, 0.3) is 11.8 Å². The van der Waals surface area contributed by atoms with E-state index in [0.29, 0.717) is 29.4 Å². The Hall–Kier alpha value is -4.66. The fraction of sp³-hybridized carbons (Fsp3) is 0.267. The SMILES string of the molecule is CC(C)(C)c1ccc(C(=O)N(Cc2ccncc2)Cc2cc(C(=O)NCc3ccc4c(c3)OCO4)no2)cc1. The fourth-order valence-electron chi connectivity index (χ4n) is 4.21. The van der Waals surface area contributed by atoms with Crippen LogP contribution >= 0.6 is 0 Å². The van der Waals surface area contributed by atoms with Crippen LogP contribution in [0.4, 0.5) is 0 Å². The second-order valence-corrected chi connectivity index (χ2v) is 10.4. The van der Waals surface area contributed by atoms with Gasteiger partial charge >= 0.3 is 0 Å². The Balaban J connectivity index is 1.28. The quantitative estimate of drug-likeness (QED) is 0.349. The average Bonchev–Trinajstić information content (AvgIpc) is 3.60. The van der Waals surface area contributed by atoms with E-state index in [0.717, 1.165) is 16.7 Å². The van der Waals surface area contributed by atoms with Crippen molar-refractivity contribution in [3.63, 3.8) is 0 Å². The Morgan fingerprint density at radius 1 is 0.897 bits per heavy atom. The zero-order valence-electron chi connectivity index (χ0n) is 22.1. The third-order valence-electron chi connectivity index (χ3n) is 6.44. The van der Waals surface area contributed by atoms with E-state index in [-0.39, 0.29) is 42.8 Å². The number of nitrogens with zero attached hydrogens (tertiary/aromatic N) is 3. The van der Waals surface area contributed by atoms with Crippen molar-refractivity contribution in [2.45, 2.75) is 45.8 Å². The number of hydrogen-bond donors (Lipinski definition) is 1. The molecule has 9 heteroatoms. The summed E-state index contributed by atoms with van der Waals surface area (Å²) in [7, 11) is 0. The molecule has 0 fully saturated rings. The minimum atomic E-state index is -0.382. The van der Waals surface area contributed by atoms with Crippen molar-refractivity contribution in [3.8, 4) is 11.5 Å². The lowest BCUT2D eigenvalue weighted by molar-refractivity contribution is 0.0713. The van der Waals surface area contributed by atoms with Crippen molar-refractivity contribution >= 4 is 11.8 Å². The molecule has 0 spiro atoms. The molecule has 9 nitrogen and oxygen atoms in total. The van der Waals surface area contributed by atoms with E-state index in [9.17, 15) is 9.59 Å². The van der Waals surface area contributed by atoms with E-state index in [1.54, 1.807) is 23.4 Å². The van der Waals surface area contributed by atoms with Crippen LogP contribution in [0.1, 0.15) is 64.1 Å². The van der Waals surface area contributed by atoms with Crippen molar-refractivity contribution in [1.82, 2.24) is 20.4 Å². The highest BCUT2D eigenvalue weighted by Gasteiger charge is 2.22. The number of carbonyl (C=O) groups excluding carboxylic acids is 2. The van der Waals surface area contributed by atoms with Gasteiger partial charge in [-0.2, -0.15) is 0 Å². The number of ether oxygens (including phenoxy) is 2. The first kappa shape index (κ1) is 26.0. The maximum absolute atomic E-state index is 13.5. The minimum absolute atomic E-state index is 0.0160. The predicted molar refractivity (Wildman–Crippen MR) is 143 cm³/mol. The molecular formula is C30H30N4O5. The molecule has 1 N–H and O–H groups in total. The van der Waals surface area contributed by atoms with Crippen molar-refractivity contribution in [2.75, 3.05) is 6.79 Å². The van der Waals surface area contributed by atoms with Gasteiger partial charge in [0.1, 0.15) is 0 Å². The predicted octanol–water partition coefficient (Wildman–Crippen LogP) is 4.87. The average molecular weight is 527 g/mol. The van der Waals surface area contributed by atoms with E-state index in [1.807, 2.05) is 54.6 Å². The summed E-state index contributed by atoms with van der Waals surface area (Å²) in [6.07, 6.45) is 3.38. The summed E-state index contributed by atoms with van der Waals surface area (Å²) in [5, 5.41) is 6.77. The molecule has 0 bridgehead atoms. The molecule has 1 aliphatic rings. The molecule has 0 aliphatic carbocycles. The van der Waals surface area contributed by atoms with Gasteiger partial charge in [-0.15, -0.1) is 0 Å². The molecule has 0 radical (unpaired) electrons. The topological polar surface area (TPSA) is 107 Å². The third-order valence-corrected chi connectivity index (χ3v) is 6.44. The van der Waals surface area contributed by atoms with Crippen LogP contribution in [-0.2, 0) is 25.0 Å². The van der Waals surface area contributed by atoms with Crippen LogP contribution < -0.4 is 14.8 Å². The monoisotopic (exact) mass is 526 g/mol. The van der Waals surface area contributed by atoms with Crippen LogP contribution in [0.2, 0.25) is 0 Å². The highest BCUT2D eigenvalue weighted by atomic mass is 16.7.